The number of H-pyrrole nitrogens is 1. The van der Waals surface area contributed by atoms with Crippen LogP contribution in [0.5, 0.6) is 11.5 Å². The number of methoxy groups -OCH3 is 2. The monoisotopic (exact) mass is 436 g/mol. The molecule has 1 saturated heterocycles. The van der Waals surface area contributed by atoms with Gasteiger partial charge in [-0.25, -0.2) is 4.98 Å². The molecular formula is C24H28N4O4. The molecule has 168 valence electrons. The standard InChI is InChI=1S/C24H28N4O4/c1-30-19-4-3-5-20(31-2)22(19)18-13-25-23-16(18)6-7-21(26-23)27-24(29)17-12-15(17)14-28-8-10-32-11-9-28/h3-7,13,15,17H,8-12,14H2,1-2H3,(H2,25,26,27,29)/t15?,17-/m0/s1. The predicted octanol–water partition coefficient (Wildman–Crippen LogP) is 3.15. The molecule has 3 aromatic rings. The number of carbonyl (C=O) groups is 1. The molecule has 0 radical (unpaired) electrons. The van der Waals surface area contributed by atoms with Crippen LogP contribution in [0.1, 0.15) is 6.42 Å². The lowest BCUT2D eigenvalue weighted by atomic mass is 10.0. The van der Waals surface area contributed by atoms with Crippen LogP contribution in [0.3, 0.4) is 0 Å². The van der Waals surface area contributed by atoms with Crippen molar-refractivity contribution < 1.29 is 19.0 Å². The SMILES string of the molecule is COc1cccc(OC)c1-c1c[nH]c2nc(NC(=O)[C@H]3CC3CN3CCOCC3)ccc12. The average Bonchev–Trinajstić information content (AvgIpc) is 3.47. The highest BCUT2D eigenvalue weighted by Gasteiger charge is 2.43. The summed E-state index contributed by atoms with van der Waals surface area (Å²) in [5.41, 5.74) is 2.50. The topological polar surface area (TPSA) is 88.7 Å². The van der Waals surface area contributed by atoms with Crippen molar-refractivity contribution in [1.29, 1.82) is 0 Å². The number of nitrogens with one attached hydrogen (secondary N) is 2. The molecule has 2 aliphatic rings. The van der Waals surface area contributed by atoms with E-state index in [2.05, 4.69) is 20.2 Å². The molecule has 8 heteroatoms. The van der Waals surface area contributed by atoms with Crippen molar-refractivity contribution in [3.63, 3.8) is 0 Å². The van der Waals surface area contributed by atoms with Crippen molar-refractivity contribution in [1.82, 2.24) is 14.9 Å². The number of pyridine rings is 1. The van der Waals surface area contributed by atoms with Crippen LogP contribution in [0.2, 0.25) is 0 Å². The fraction of sp³-hybridized carbons (Fsp3) is 0.417. The smallest absolute Gasteiger partial charge is 0.228 e. The van der Waals surface area contributed by atoms with Crippen LogP contribution in [0.4, 0.5) is 5.82 Å². The van der Waals surface area contributed by atoms with Gasteiger partial charge in [0.1, 0.15) is 23.0 Å². The third kappa shape index (κ3) is 4.03. The summed E-state index contributed by atoms with van der Waals surface area (Å²) in [5, 5.41) is 3.93. The number of ether oxygens (including phenoxy) is 3. The van der Waals surface area contributed by atoms with Crippen molar-refractivity contribution in [3.8, 4) is 22.6 Å². The number of aromatic amines is 1. The normalized spacial score (nSPS) is 20.8. The Balaban J connectivity index is 1.30. The predicted molar refractivity (Wildman–Crippen MR) is 122 cm³/mol. The number of hydrogen-bond donors (Lipinski definition) is 2. The zero-order chi connectivity index (χ0) is 22.1. The molecule has 3 heterocycles. The van der Waals surface area contributed by atoms with Crippen molar-refractivity contribution >= 4 is 22.8 Å². The maximum atomic E-state index is 12.7. The van der Waals surface area contributed by atoms with Gasteiger partial charge in [0.05, 0.1) is 33.0 Å². The Bertz CT molecular complexity index is 1100. The Morgan fingerprint density at radius 1 is 1.19 bits per heavy atom. The number of morpholine rings is 1. The second-order valence-electron chi connectivity index (χ2n) is 8.34. The van der Waals surface area contributed by atoms with E-state index in [1.54, 1.807) is 14.2 Å². The molecule has 1 aliphatic heterocycles. The van der Waals surface area contributed by atoms with Gasteiger partial charge in [-0.2, -0.15) is 0 Å². The van der Waals surface area contributed by atoms with Gasteiger partial charge in [0.15, 0.2) is 0 Å². The maximum Gasteiger partial charge on any atom is 0.228 e. The highest BCUT2D eigenvalue weighted by molar-refractivity contribution is 5.99. The van der Waals surface area contributed by atoms with E-state index in [0.29, 0.717) is 17.4 Å². The summed E-state index contributed by atoms with van der Waals surface area (Å²) in [4.78, 5) is 23.0. The molecule has 2 N–H and O–H groups in total. The van der Waals surface area contributed by atoms with Gasteiger partial charge in [0.25, 0.3) is 0 Å². The van der Waals surface area contributed by atoms with Crippen LogP contribution in [0, 0.1) is 11.8 Å². The van der Waals surface area contributed by atoms with Gasteiger partial charge in [-0.3, -0.25) is 9.69 Å². The third-order valence-electron chi connectivity index (χ3n) is 6.34. The molecule has 1 amide bonds. The fourth-order valence-electron chi connectivity index (χ4n) is 4.50. The molecule has 8 nitrogen and oxygen atoms in total. The number of carbonyl (C=O) groups excluding carboxylic acids is 1. The summed E-state index contributed by atoms with van der Waals surface area (Å²) >= 11 is 0. The first-order valence-electron chi connectivity index (χ1n) is 11.0. The second kappa shape index (κ2) is 8.80. The first kappa shape index (κ1) is 20.8. The van der Waals surface area contributed by atoms with Crippen molar-refractivity contribution in [2.75, 3.05) is 52.4 Å². The molecule has 1 unspecified atom stereocenters. The van der Waals surface area contributed by atoms with E-state index in [1.807, 2.05) is 36.5 Å². The number of aromatic nitrogens is 2. The van der Waals surface area contributed by atoms with Crippen molar-refractivity contribution in [2.24, 2.45) is 11.8 Å². The van der Waals surface area contributed by atoms with Crippen molar-refractivity contribution in [2.45, 2.75) is 6.42 Å². The lowest BCUT2D eigenvalue weighted by Crippen LogP contribution is -2.38. The minimum absolute atomic E-state index is 0.0493. The van der Waals surface area contributed by atoms with Crippen LogP contribution >= 0.6 is 0 Å². The molecule has 0 bridgehead atoms. The summed E-state index contributed by atoms with van der Waals surface area (Å²) < 4.78 is 16.5. The minimum Gasteiger partial charge on any atom is -0.496 e. The van der Waals surface area contributed by atoms with Crippen molar-refractivity contribution in [3.05, 3.63) is 36.5 Å². The quantitative estimate of drug-likeness (QED) is 0.592. The molecule has 2 atom stereocenters. The Morgan fingerprint density at radius 2 is 1.94 bits per heavy atom. The summed E-state index contributed by atoms with van der Waals surface area (Å²) in [5.74, 6) is 2.54. The molecule has 32 heavy (non-hydrogen) atoms. The second-order valence-corrected chi connectivity index (χ2v) is 8.34. The molecule has 1 saturated carbocycles. The van der Waals surface area contributed by atoms with E-state index < -0.39 is 0 Å². The highest BCUT2D eigenvalue weighted by Crippen LogP contribution is 2.42. The van der Waals surface area contributed by atoms with E-state index in [9.17, 15) is 4.79 Å². The zero-order valence-electron chi connectivity index (χ0n) is 18.4. The molecule has 2 aromatic heterocycles. The summed E-state index contributed by atoms with van der Waals surface area (Å²) in [6.07, 6.45) is 2.83. The van der Waals surface area contributed by atoms with Crippen LogP contribution in [-0.4, -0.2) is 67.8 Å². The van der Waals surface area contributed by atoms with Gasteiger partial charge in [-0.15, -0.1) is 0 Å². The van der Waals surface area contributed by atoms with E-state index in [-0.39, 0.29) is 11.8 Å². The third-order valence-corrected chi connectivity index (χ3v) is 6.34. The number of benzene rings is 1. The molecule has 2 fully saturated rings. The van der Waals surface area contributed by atoms with E-state index in [1.165, 1.54) is 0 Å². The summed E-state index contributed by atoms with van der Waals surface area (Å²) in [6, 6.07) is 9.52. The van der Waals surface area contributed by atoms with Gasteiger partial charge in [0, 0.05) is 42.7 Å². The Morgan fingerprint density at radius 3 is 2.66 bits per heavy atom. The van der Waals surface area contributed by atoms with Crippen LogP contribution in [0.15, 0.2) is 36.5 Å². The lowest BCUT2D eigenvalue weighted by molar-refractivity contribution is -0.117. The number of amides is 1. The molecule has 0 spiro atoms. The van der Waals surface area contributed by atoms with Crippen LogP contribution in [0.25, 0.3) is 22.2 Å². The van der Waals surface area contributed by atoms with Gasteiger partial charge < -0.3 is 24.5 Å². The van der Waals surface area contributed by atoms with E-state index in [4.69, 9.17) is 14.2 Å². The fourth-order valence-corrected chi connectivity index (χ4v) is 4.50. The number of fused-ring (bicyclic) bond motifs is 1. The summed E-state index contributed by atoms with van der Waals surface area (Å²) in [7, 11) is 3.28. The van der Waals surface area contributed by atoms with Gasteiger partial charge in [-0.05, 0) is 36.6 Å². The Labute approximate surface area is 186 Å². The minimum atomic E-state index is 0.0493. The number of hydrogen-bond acceptors (Lipinski definition) is 6. The first-order valence-corrected chi connectivity index (χ1v) is 11.0. The van der Waals surface area contributed by atoms with Crippen LogP contribution < -0.4 is 14.8 Å². The number of rotatable bonds is 7. The van der Waals surface area contributed by atoms with Gasteiger partial charge in [0.2, 0.25) is 5.91 Å². The average molecular weight is 437 g/mol. The first-order chi connectivity index (χ1) is 15.7. The Kier molecular flexibility index (Phi) is 5.71. The molecular weight excluding hydrogens is 408 g/mol. The van der Waals surface area contributed by atoms with Gasteiger partial charge in [-0.1, -0.05) is 6.07 Å². The molecule has 5 rings (SSSR count). The van der Waals surface area contributed by atoms with Crippen LogP contribution in [-0.2, 0) is 9.53 Å². The molecule has 1 aromatic carbocycles. The maximum absolute atomic E-state index is 12.7. The zero-order valence-corrected chi connectivity index (χ0v) is 18.4. The molecule has 1 aliphatic carbocycles. The number of nitrogens with zero attached hydrogens (tertiary/aromatic N) is 2. The largest absolute Gasteiger partial charge is 0.496 e. The lowest BCUT2D eigenvalue weighted by Gasteiger charge is -2.26. The van der Waals surface area contributed by atoms with Gasteiger partial charge >= 0.3 is 0 Å². The van der Waals surface area contributed by atoms with E-state index in [0.717, 1.165) is 67.3 Å². The van der Waals surface area contributed by atoms with E-state index >= 15 is 0 Å². The number of anilines is 1. The summed E-state index contributed by atoms with van der Waals surface area (Å²) in [6.45, 7) is 4.44. The highest BCUT2D eigenvalue weighted by atomic mass is 16.5. The Hall–Kier alpha value is -3.10.